The molecule has 0 spiro atoms. The highest BCUT2D eigenvalue weighted by molar-refractivity contribution is 5.77. The Morgan fingerprint density at radius 1 is 1.67 bits per heavy atom. The molecule has 1 atom stereocenters. The smallest absolute Gasteiger partial charge is 0.222 e. The third-order valence-corrected chi connectivity index (χ3v) is 1.90. The maximum atomic E-state index is 11.1. The van der Waals surface area contributed by atoms with Gasteiger partial charge < -0.3 is 5.32 Å². The molecule has 0 aromatic heterocycles. The Labute approximate surface area is 74.7 Å². The van der Waals surface area contributed by atoms with Crippen molar-refractivity contribution < 1.29 is 4.79 Å². The summed E-state index contributed by atoms with van der Waals surface area (Å²) >= 11 is 0. The Hall–Kier alpha value is -0.970. The summed E-state index contributed by atoms with van der Waals surface area (Å²) in [5.41, 5.74) is -0.189. The minimum absolute atomic E-state index is 0.0129. The molecule has 68 valence electrons. The van der Waals surface area contributed by atoms with Crippen molar-refractivity contribution in [3.8, 4) is 12.3 Å². The van der Waals surface area contributed by atoms with E-state index < -0.39 is 0 Å². The quantitative estimate of drug-likeness (QED) is 0.633. The molecule has 0 bridgehead atoms. The van der Waals surface area contributed by atoms with E-state index in [9.17, 15) is 4.79 Å². The van der Waals surface area contributed by atoms with Gasteiger partial charge in [0.25, 0.3) is 0 Å². The second-order valence-corrected chi connectivity index (χ2v) is 3.75. The average molecular weight is 167 g/mol. The van der Waals surface area contributed by atoms with E-state index in [1.54, 1.807) is 7.05 Å². The van der Waals surface area contributed by atoms with E-state index in [1.165, 1.54) is 0 Å². The lowest BCUT2D eigenvalue weighted by molar-refractivity contribution is -0.124. The van der Waals surface area contributed by atoms with Crippen LogP contribution in [0.4, 0.5) is 0 Å². The molecule has 0 rings (SSSR count). The highest BCUT2D eigenvalue weighted by atomic mass is 16.1. The van der Waals surface area contributed by atoms with E-state index in [2.05, 4.69) is 11.2 Å². The predicted octanol–water partition coefficient (Wildman–Crippen LogP) is 1.42. The molecule has 0 aliphatic carbocycles. The summed E-state index contributed by atoms with van der Waals surface area (Å²) in [6.07, 6.45) is 6.04. The monoisotopic (exact) mass is 167 g/mol. The van der Waals surface area contributed by atoms with Gasteiger partial charge in [-0.05, 0) is 20.3 Å². The average Bonchev–Trinajstić information content (AvgIpc) is 2.02. The number of hydrogen-bond acceptors (Lipinski definition) is 1. The number of terminal acetylenes is 1. The lowest BCUT2D eigenvalue weighted by Gasteiger charge is -2.20. The van der Waals surface area contributed by atoms with Crippen molar-refractivity contribution in [2.45, 2.75) is 27.2 Å². The molecule has 2 nitrogen and oxygen atoms in total. The molecule has 0 radical (unpaired) electrons. The topological polar surface area (TPSA) is 29.1 Å². The fourth-order valence-electron chi connectivity index (χ4n) is 1.16. The predicted molar refractivity (Wildman–Crippen MR) is 50.5 cm³/mol. The molecule has 1 N–H and O–H groups in total. The first-order valence-corrected chi connectivity index (χ1v) is 4.12. The molecule has 0 fully saturated rings. The van der Waals surface area contributed by atoms with Gasteiger partial charge in [-0.2, -0.15) is 0 Å². The van der Waals surface area contributed by atoms with Crippen LogP contribution in [0.1, 0.15) is 27.2 Å². The van der Waals surface area contributed by atoms with Crippen LogP contribution in [-0.4, -0.2) is 13.0 Å². The molecule has 0 aromatic carbocycles. The second kappa shape index (κ2) is 4.15. The zero-order chi connectivity index (χ0) is 9.78. The number of rotatable bonds is 3. The number of amides is 1. The molecule has 0 saturated heterocycles. The van der Waals surface area contributed by atoms with E-state index in [1.807, 2.05) is 20.8 Å². The van der Waals surface area contributed by atoms with Crippen molar-refractivity contribution in [1.29, 1.82) is 0 Å². The number of nitrogens with one attached hydrogen (secondary N) is 1. The van der Waals surface area contributed by atoms with Crippen LogP contribution in [0.5, 0.6) is 0 Å². The molecule has 0 aliphatic heterocycles. The summed E-state index contributed by atoms with van der Waals surface area (Å²) < 4.78 is 0. The summed E-state index contributed by atoms with van der Waals surface area (Å²) in [7, 11) is 1.64. The Kier molecular flexibility index (Phi) is 3.82. The largest absolute Gasteiger partial charge is 0.359 e. The van der Waals surface area contributed by atoms with E-state index >= 15 is 0 Å². The number of carbonyl (C=O) groups is 1. The minimum atomic E-state index is -0.189. The molecule has 0 aliphatic rings. The Morgan fingerprint density at radius 3 is 2.50 bits per heavy atom. The fraction of sp³-hybridized carbons (Fsp3) is 0.700. The van der Waals surface area contributed by atoms with Crippen LogP contribution in [-0.2, 0) is 4.79 Å². The Bertz CT molecular complexity index is 200. The highest BCUT2D eigenvalue weighted by Gasteiger charge is 2.21. The maximum absolute atomic E-state index is 11.1. The second-order valence-electron chi connectivity index (χ2n) is 3.75. The summed E-state index contributed by atoms with van der Waals surface area (Å²) in [5, 5.41) is 2.60. The standard InChI is InChI=1S/C10H17NO/c1-6-10(3,4)7-8(2)9(12)11-5/h1,8H,7H2,2-5H3,(H,11,12). The summed E-state index contributed by atoms with van der Waals surface area (Å²) in [5.74, 6) is 2.71. The molecule has 1 amide bonds. The first-order valence-electron chi connectivity index (χ1n) is 4.12. The van der Waals surface area contributed by atoms with Crippen LogP contribution in [0.3, 0.4) is 0 Å². The molecule has 2 heteroatoms. The Morgan fingerprint density at radius 2 is 2.17 bits per heavy atom. The van der Waals surface area contributed by atoms with Gasteiger partial charge in [0.05, 0.1) is 0 Å². The van der Waals surface area contributed by atoms with Crippen molar-refractivity contribution >= 4 is 5.91 Å². The number of carbonyl (C=O) groups excluding carboxylic acids is 1. The SMILES string of the molecule is C#CC(C)(C)CC(C)C(=O)NC. The zero-order valence-corrected chi connectivity index (χ0v) is 8.27. The van der Waals surface area contributed by atoms with Crippen LogP contribution >= 0.6 is 0 Å². The lowest BCUT2D eigenvalue weighted by atomic mass is 9.84. The van der Waals surface area contributed by atoms with Gasteiger partial charge in [-0.3, -0.25) is 4.79 Å². The summed E-state index contributed by atoms with van der Waals surface area (Å²) in [4.78, 5) is 11.1. The van der Waals surface area contributed by atoms with Gasteiger partial charge in [0.15, 0.2) is 0 Å². The van der Waals surface area contributed by atoms with Gasteiger partial charge in [-0.1, -0.05) is 6.92 Å². The van der Waals surface area contributed by atoms with Gasteiger partial charge in [0, 0.05) is 18.4 Å². The van der Waals surface area contributed by atoms with Gasteiger partial charge in [-0.25, -0.2) is 0 Å². The van der Waals surface area contributed by atoms with E-state index in [4.69, 9.17) is 6.42 Å². The van der Waals surface area contributed by atoms with Crippen LogP contribution < -0.4 is 5.32 Å². The third kappa shape index (κ3) is 3.43. The fourth-order valence-corrected chi connectivity index (χ4v) is 1.16. The van der Waals surface area contributed by atoms with Crippen molar-refractivity contribution in [3.05, 3.63) is 0 Å². The highest BCUT2D eigenvalue weighted by Crippen LogP contribution is 2.23. The lowest BCUT2D eigenvalue weighted by Crippen LogP contribution is -2.28. The van der Waals surface area contributed by atoms with Crippen molar-refractivity contribution in [2.75, 3.05) is 7.05 Å². The minimum Gasteiger partial charge on any atom is -0.359 e. The van der Waals surface area contributed by atoms with Gasteiger partial charge in [-0.15, -0.1) is 12.3 Å². The Balaban J connectivity index is 4.11. The molecule has 12 heavy (non-hydrogen) atoms. The first-order chi connectivity index (χ1) is 5.43. The van der Waals surface area contributed by atoms with Crippen LogP contribution in [0.2, 0.25) is 0 Å². The molecule has 1 unspecified atom stereocenters. The maximum Gasteiger partial charge on any atom is 0.222 e. The van der Waals surface area contributed by atoms with Crippen LogP contribution in [0.15, 0.2) is 0 Å². The van der Waals surface area contributed by atoms with Gasteiger partial charge in [0.2, 0.25) is 5.91 Å². The third-order valence-electron chi connectivity index (χ3n) is 1.90. The van der Waals surface area contributed by atoms with E-state index in [0.717, 1.165) is 6.42 Å². The van der Waals surface area contributed by atoms with Crippen molar-refractivity contribution in [1.82, 2.24) is 5.32 Å². The molecular formula is C10H17NO. The van der Waals surface area contributed by atoms with Gasteiger partial charge in [0.1, 0.15) is 0 Å². The summed E-state index contributed by atoms with van der Waals surface area (Å²) in [6.45, 7) is 5.82. The van der Waals surface area contributed by atoms with Gasteiger partial charge >= 0.3 is 0 Å². The summed E-state index contributed by atoms with van der Waals surface area (Å²) in [6, 6.07) is 0. The molecular weight excluding hydrogens is 150 g/mol. The van der Waals surface area contributed by atoms with E-state index in [-0.39, 0.29) is 17.2 Å². The zero-order valence-electron chi connectivity index (χ0n) is 8.27. The van der Waals surface area contributed by atoms with E-state index in [0.29, 0.717) is 0 Å². The molecule has 0 heterocycles. The number of hydrogen-bond donors (Lipinski definition) is 1. The van der Waals surface area contributed by atoms with Crippen molar-refractivity contribution in [3.63, 3.8) is 0 Å². The van der Waals surface area contributed by atoms with Crippen LogP contribution in [0.25, 0.3) is 0 Å². The van der Waals surface area contributed by atoms with Crippen LogP contribution in [0, 0.1) is 23.7 Å². The van der Waals surface area contributed by atoms with Crippen molar-refractivity contribution in [2.24, 2.45) is 11.3 Å². The normalized spacial score (nSPS) is 13.2. The molecule has 0 saturated carbocycles. The molecule has 0 aromatic rings. The first kappa shape index (κ1) is 11.0.